The molecule has 2 N–H and O–H groups in total. The van der Waals surface area contributed by atoms with E-state index in [-0.39, 0.29) is 0 Å². The second-order valence-electron chi connectivity index (χ2n) is 6.14. The van der Waals surface area contributed by atoms with Gasteiger partial charge in [0.15, 0.2) is 0 Å². The third kappa shape index (κ3) is 3.45. The van der Waals surface area contributed by atoms with Gasteiger partial charge in [0, 0.05) is 6.04 Å². The smallest absolute Gasteiger partial charge is 0.00728 e. The van der Waals surface area contributed by atoms with Gasteiger partial charge in [-0.15, -0.1) is 0 Å². The van der Waals surface area contributed by atoms with Gasteiger partial charge in [0.05, 0.1) is 0 Å². The molecule has 0 heterocycles. The summed E-state index contributed by atoms with van der Waals surface area (Å²) in [5, 5.41) is 0. The molecule has 2 aliphatic rings. The van der Waals surface area contributed by atoms with E-state index < -0.39 is 0 Å². The van der Waals surface area contributed by atoms with E-state index in [0.29, 0.717) is 6.04 Å². The first kappa shape index (κ1) is 12.9. The summed E-state index contributed by atoms with van der Waals surface area (Å²) in [5.74, 6) is 1.68. The fourth-order valence-corrected chi connectivity index (χ4v) is 3.49. The first-order valence-electron chi connectivity index (χ1n) is 7.23. The zero-order valence-electron chi connectivity index (χ0n) is 11.4. The molecular weight excluding hydrogens is 206 g/mol. The quantitative estimate of drug-likeness (QED) is 0.726. The molecule has 1 heteroatoms. The van der Waals surface area contributed by atoms with Crippen molar-refractivity contribution in [2.24, 2.45) is 17.6 Å². The lowest BCUT2D eigenvalue weighted by molar-refractivity contribution is 0.193. The van der Waals surface area contributed by atoms with Crippen LogP contribution in [0.25, 0.3) is 0 Å². The Labute approximate surface area is 106 Å². The maximum atomic E-state index is 6.24. The summed E-state index contributed by atoms with van der Waals surface area (Å²) in [6, 6.07) is 0.476. The summed E-state index contributed by atoms with van der Waals surface area (Å²) in [5.41, 5.74) is 9.37. The van der Waals surface area contributed by atoms with Crippen LogP contribution in [0, 0.1) is 11.8 Å². The Balaban J connectivity index is 1.88. The monoisotopic (exact) mass is 233 g/mol. The average Bonchev–Trinajstić information content (AvgIpc) is 2.29. The number of hydrogen-bond donors (Lipinski definition) is 1. The van der Waals surface area contributed by atoms with E-state index in [1.165, 1.54) is 50.5 Å². The topological polar surface area (TPSA) is 26.0 Å². The fraction of sp³-hybridized carbons (Fsp3) is 0.750. The molecule has 17 heavy (non-hydrogen) atoms. The van der Waals surface area contributed by atoms with Gasteiger partial charge < -0.3 is 5.73 Å². The Morgan fingerprint density at radius 1 is 1.41 bits per heavy atom. The molecule has 0 radical (unpaired) electrons. The number of hydrogen-bond acceptors (Lipinski definition) is 1. The molecule has 1 saturated carbocycles. The van der Waals surface area contributed by atoms with Crippen molar-refractivity contribution >= 4 is 0 Å². The Kier molecular flexibility index (Phi) is 4.44. The molecule has 1 nitrogen and oxygen atoms in total. The molecule has 0 spiro atoms. The highest BCUT2D eigenvalue weighted by Crippen LogP contribution is 2.40. The first-order chi connectivity index (χ1) is 8.16. The van der Waals surface area contributed by atoms with Crippen LogP contribution in [0.4, 0.5) is 0 Å². The van der Waals surface area contributed by atoms with Crippen LogP contribution in [-0.4, -0.2) is 6.04 Å². The van der Waals surface area contributed by atoms with Gasteiger partial charge in [-0.2, -0.15) is 0 Å². The fourth-order valence-electron chi connectivity index (χ4n) is 3.49. The summed E-state index contributed by atoms with van der Waals surface area (Å²) in [7, 11) is 0. The molecular formula is C16H27N. The predicted octanol–water partition coefficient (Wildman–Crippen LogP) is 4.20. The normalized spacial score (nSPS) is 32.6. The molecule has 3 unspecified atom stereocenters. The zero-order valence-corrected chi connectivity index (χ0v) is 11.4. The van der Waals surface area contributed by atoms with Crippen LogP contribution in [0.15, 0.2) is 23.3 Å². The minimum absolute atomic E-state index is 0.476. The molecule has 0 aromatic carbocycles. The van der Waals surface area contributed by atoms with Crippen molar-refractivity contribution in [1.29, 1.82) is 0 Å². The van der Waals surface area contributed by atoms with Crippen molar-refractivity contribution in [3.63, 3.8) is 0 Å². The second-order valence-corrected chi connectivity index (χ2v) is 6.14. The molecule has 96 valence electrons. The van der Waals surface area contributed by atoms with E-state index in [0.717, 1.165) is 11.8 Å². The van der Waals surface area contributed by atoms with Gasteiger partial charge in [0.25, 0.3) is 0 Å². The highest BCUT2D eigenvalue weighted by Gasteiger charge is 2.32. The zero-order chi connectivity index (χ0) is 12.3. The van der Waals surface area contributed by atoms with Gasteiger partial charge in [0.2, 0.25) is 0 Å². The lowest BCUT2D eigenvalue weighted by Crippen LogP contribution is -2.39. The molecule has 0 aromatic rings. The highest BCUT2D eigenvalue weighted by atomic mass is 14.7. The molecule has 0 aromatic heterocycles. The van der Waals surface area contributed by atoms with Crippen molar-refractivity contribution in [2.75, 3.05) is 0 Å². The summed E-state index contributed by atoms with van der Waals surface area (Å²) in [4.78, 5) is 0. The minimum atomic E-state index is 0.476. The van der Waals surface area contributed by atoms with Gasteiger partial charge in [-0.3, -0.25) is 0 Å². The summed E-state index contributed by atoms with van der Waals surface area (Å²) >= 11 is 0. The Hall–Kier alpha value is -0.560. The van der Waals surface area contributed by atoms with Gasteiger partial charge in [0.1, 0.15) is 0 Å². The van der Waals surface area contributed by atoms with E-state index in [9.17, 15) is 0 Å². The Bertz CT molecular complexity index is 309. The van der Waals surface area contributed by atoms with Gasteiger partial charge in [-0.1, -0.05) is 29.7 Å². The lowest BCUT2D eigenvalue weighted by atomic mass is 9.68. The van der Waals surface area contributed by atoms with Crippen molar-refractivity contribution in [3.05, 3.63) is 23.3 Å². The molecule has 0 amide bonds. The minimum Gasteiger partial charge on any atom is -0.327 e. The molecule has 2 aliphatic carbocycles. The van der Waals surface area contributed by atoms with Crippen molar-refractivity contribution < 1.29 is 0 Å². The summed E-state index contributed by atoms with van der Waals surface area (Å²) in [6.45, 7) is 4.37. The van der Waals surface area contributed by atoms with Crippen molar-refractivity contribution in [1.82, 2.24) is 0 Å². The van der Waals surface area contributed by atoms with E-state index in [1.54, 1.807) is 5.57 Å². The molecule has 3 atom stereocenters. The molecule has 2 rings (SSSR count). The number of fused-ring (bicyclic) bond motifs is 1. The molecule has 0 aliphatic heterocycles. The van der Waals surface area contributed by atoms with Gasteiger partial charge >= 0.3 is 0 Å². The molecule has 0 bridgehead atoms. The van der Waals surface area contributed by atoms with Crippen LogP contribution in [0.1, 0.15) is 58.8 Å². The van der Waals surface area contributed by atoms with Crippen molar-refractivity contribution in [2.45, 2.75) is 64.8 Å². The van der Waals surface area contributed by atoms with Gasteiger partial charge in [-0.05, 0) is 64.2 Å². The van der Waals surface area contributed by atoms with Crippen LogP contribution >= 0.6 is 0 Å². The third-order valence-corrected chi connectivity index (χ3v) is 4.49. The number of rotatable bonds is 3. The van der Waals surface area contributed by atoms with E-state index in [4.69, 9.17) is 5.73 Å². The van der Waals surface area contributed by atoms with Crippen LogP contribution in [-0.2, 0) is 0 Å². The van der Waals surface area contributed by atoms with E-state index in [1.807, 2.05) is 0 Å². The van der Waals surface area contributed by atoms with Crippen LogP contribution < -0.4 is 5.73 Å². The van der Waals surface area contributed by atoms with Crippen LogP contribution in [0.3, 0.4) is 0 Å². The van der Waals surface area contributed by atoms with Crippen LogP contribution in [0.5, 0.6) is 0 Å². The average molecular weight is 233 g/mol. The van der Waals surface area contributed by atoms with E-state index in [2.05, 4.69) is 26.0 Å². The standard InChI is InChI=1S/C16H27N/c1-12(2)5-3-6-13-9-10-15-14(11-13)7-4-8-16(15)17/h5,9,14-16H,3-4,6-8,10-11,17H2,1-2H3. The predicted molar refractivity (Wildman–Crippen MR) is 74.8 cm³/mol. The molecule has 0 saturated heterocycles. The SMILES string of the molecule is CC(C)=CCCC1=CCC2C(N)CCCC2C1. The van der Waals surface area contributed by atoms with Gasteiger partial charge in [-0.25, -0.2) is 0 Å². The lowest BCUT2D eigenvalue weighted by Gasteiger charge is -2.39. The Morgan fingerprint density at radius 2 is 2.24 bits per heavy atom. The number of nitrogens with two attached hydrogens (primary N) is 1. The molecule has 1 fully saturated rings. The maximum Gasteiger partial charge on any atom is 0.00728 e. The maximum absolute atomic E-state index is 6.24. The summed E-state index contributed by atoms with van der Waals surface area (Å²) < 4.78 is 0. The van der Waals surface area contributed by atoms with Crippen molar-refractivity contribution in [3.8, 4) is 0 Å². The van der Waals surface area contributed by atoms with Crippen LogP contribution in [0.2, 0.25) is 0 Å². The van der Waals surface area contributed by atoms with E-state index >= 15 is 0 Å². The highest BCUT2D eigenvalue weighted by molar-refractivity contribution is 5.12. The Morgan fingerprint density at radius 3 is 3.00 bits per heavy atom. The third-order valence-electron chi connectivity index (χ3n) is 4.49. The second kappa shape index (κ2) is 5.86. The number of allylic oxidation sites excluding steroid dienone is 4. The first-order valence-corrected chi connectivity index (χ1v) is 7.23. The summed E-state index contributed by atoms with van der Waals surface area (Å²) in [6.07, 6.45) is 13.9. The largest absolute Gasteiger partial charge is 0.327 e.